The molecule has 0 radical (unpaired) electrons. The van der Waals surface area contributed by atoms with Gasteiger partial charge in [0, 0.05) is 17.1 Å². The van der Waals surface area contributed by atoms with Gasteiger partial charge in [0.2, 0.25) is 5.91 Å². The molecule has 1 aromatic rings. The lowest BCUT2D eigenvalue weighted by molar-refractivity contribution is 0.100. The molecule has 0 heterocycles. The molecular weight excluding hydrogens is 272 g/mol. The summed E-state index contributed by atoms with van der Waals surface area (Å²) in [6.45, 7) is 1.84. The number of primary amides is 1. The largest absolute Gasteiger partial charge is 0.366 e. The van der Waals surface area contributed by atoms with Crippen LogP contribution in [0.2, 0.25) is 5.02 Å². The molecule has 2 saturated carbocycles. The Morgan fingerprint density at radius 1 is 1.30 bits per heavy atom. The first-order valence-electron chi connectivity index (χ1n) is 7.44. The van der Waals surface area contributed by atoms with Crippen LogP contribution in [0.1, 0.15) is 41.6 Å². The molecule has 2 fully saturated rings. The molecule has 3 N–H and O–H groups in total. The Kier molecular flexibility index (Phi) is 3.99. The first kappa shape index (κ1) is 13.9. The highest BCUT2D eigenvalue weighted by molar-refractivity contribution is 6.31. The minimum absolute atomic E-state index is 0.436. The third-order valence-electron chi connectivity index (χ3n) is 4.49. The average Bonchev–Trinajstić information content (AvgIpc) is 3.27. The summed E-state index contributed by atoms with van der Waals surface area (Å²) in [5.41, 5.74) is 6.73. The number of hydrogen-bond donors (Lipinski definition) is 2. The summed E-state index contributed by atoms with van der Waals surface area (Å²) < 4.78 is 0. The van der Waals surface area contributed by atoms with E-state index in [1.807, 2.05) is 6.07 Å². The lowest BCUT2D eigenvalue weighted by Gasteiger charge is -2.16. The quantitative estimate of drug-likeness (QED) is 0.812. The first-order valence-corrected chi connectivity index (χ1v) is 7.82. The minimum Gasteiger partial charge on any atom is -0.366 e. The molecule has 0 aliphatic heterocycles. The molecule has 0 atom stereocenters. The summed E-state index contributed by atoms with van der Waals surface area (Å²) in [6.07, 6.45) is 5.65. The standard InChI is InChI=1S/C16H21ClN2O/c17-15-7-12(16(18)20)5-6-13(15)8-19-9-14(10-1-2-10)11-3-4-11/h5-7,10-11,14,19H,1-4,8-9H2,(H2,18,20). The Labute approximate surface area is 124 Å². The van der Waals surface area contributed by atoms with Gasteiger partial charge in [0.15, 0.2) is 0 Å². The number of hydrogen-bond acceptors (Lipinski definition) is 2. The fourth-order valence-electron chi connectivity index (χ4n) is 2.98. The van der Waals surface area contributed by atoms with Crippen LogP contribution in [0.4, 0.5) is 0 Å². The number of carbonyl (C=O) groups excluding carboxylic acids is 1. The van der Waals surface area contributed by atoms with E-state index in [0.717, 1.165) is 36.4 Å². The maximum atomic E-state index is 11.1. The van der Waals surface area contributed by atoms with E-state index in [0.29, 0.717) is 10.6 Å². The molecule has 1 aromatic carbocycles. The van der Waals surface area contributed by atoms with Gasteiger partial charge in [-0.25, -0.2) is 0 Å². The van der Waals surface area contributed by atoms with E-state index >= 15 is 0 Å². The van der Waals surface area contributed by atoms with Crippen LogP contribution >= 0.6 is 11.6 Å². The van der Waals surface area contributed by atoms with Crippen molar-refractivity contribution in [3.63, 3.8) is 0 Å². The summed E-state index contributed by atoms with van der Waals surface area (Å²) in [4.78, 5) is 11.1. The number of rotatable bonds is 7. The van der Waals surface area contributed by atoms with Crippen molar-refractivity contribution in [1.29, 1.82) is 0 Å². The highest BCUT2D eigenvalue weighted by Gasteiger charge is 2.40. The van der Waals surface area contributed by atoms with Crippen LogP contribution < -0.4 is 11.1 Å². The molecule has 2 aliphatic carbocycles. The van der Waals surface area contributed by atoms with E-state index in [-0.39, 0.29) is 0 Å². The normalized spacial score (nSPS) is 18.5. The molecule has 0 spiro atoms. The highest BCUT2D eigenvalue weighted by Crippen LogP contribution is 2.48. The molecule has 4 heteroatoms. The van der Waals surface area contributed by atoms with Gasteiger partial charge in [-0.3, -0.25) is 4.79 Å². The Balaban J connectivity index is 1.53. The zero-order valence-corrected chi connectivity index (χ0v) is 12.3. The van der Waals surface area contributed by atoms with Crippen LogP contribution in [0.15, 0.2) is 18.2 Å². The van der Waals surface area contributed by atoms with Crippen molar-refractivity contribution < 1.29 is 4.79 Å². The smallest absolute Gasteiger partial charge is 0.248 e. The topological polar surface area (TPSA) is 55.1 Å². The van der Waals surface area contributed by atoms with Gasteiger partial charge in [-0.15, -0.1) is 0 Å². The summed E-state index contributed by atoms with van der Waals surface area (Å²) in [5.74, 6) is 2.35. The summed E-state index contributed by atoms with van der Waals surface area (Å²) in [6, 6.07) is 5.28. The molecule has 0 unspecified atom stereocenters. The van der Waals surface area contributed by atoms with E-state index in [4.69, 9.17) is 17.3 Å². The maximum absolute atomic E-state index is 11.1. The molecule has 3 nitrogen and oxygen atoms in total. The third-order valence-corrected chi connectivity index (χ3v) is 4.84. The van der Waals surface area contributed by atoms with Crippen molar-refractivity contribution >= 4 is 17.5 Å². The van der Waals surface area contributed by atoms with E-state index in [9.17, 15) is 4.79 Å². The second kappa shape index (κ2) is 5.74. The van der Waals surface area contributed by atoms with E-state index in [1.165, 1.54) is 25.7 Å². The monoisotopic (exact) mass is 292 g/mol. The van der Waals surface area contributed by atoms with Crippen LogP contribution in [-0.2, 0) is 6.54 Å². The molecule has 3 rings (SSSR count). The van der Waals surface area contributed by atoms with Crippen LogP contribution in [0.5, 0.6) is 0 Å². The molecule has 108 valence electrons. The predicted molar refractivity (Wildman–Crippen MR) is 80.6 cm³/mol. The minimum atomic E-state index is -0.436. The molecule has 2 aliphatic rings. The fraction of sp³-hybridized carbons (Fsp3) is 0.562. The highest BCUT2D eigenvalue weighted by atomic mass is 35.5. The Morgan fingerprint density at radius 3 is 2.45 bits per heavy atom. The SMILES string of the molecule is NC(=O)c1ccc(CNCC(C2CC2)C2CC2)c(Cl)c1. The number of amides is 1. The molecule has 0 bridgehead atoms. The Bertz CT molecular complexity index is 497. The first-order chi connectivity index (χ1) is 9.65. The number of nitrogens with one attached hydrogen (secondary N) is 1. The lowest BCUT2D eigenvalue weighted by atomic mass is 9.98. The van der Waals surface area contributed by atoms with Gasteiger partial charge < -0.3 is 11.1 Å². The van der Waals surface area contributed by atoms with Crippen LogP contribution in [0.3, 0.4) is 0 Å². The average molecular weight is 293 g/mol. The van der Waals surface area contributed by atoms with Crippen molar-refractivity contribution in [3.05, 3.63) is 34.3 Å². The second-order valence-corrected chi connectivity index (χ2v) is 6.55. The lowest BCUT2D eigenvalue weighted by Crippen LogP contribution is -2.25. The van der Waals surface area contributed by atoms with Gasteiger partial charge in [-0.1, -0.05) is 17.7 Å². The maximum Gasteiger partial charge on any atom is 0.248 e. The summed E-state index contributed by atoms with van der Waals surface area (Å²) in [7, 11) is 0. The van der Waals surface area contributed by atoms with Crippen molar-refractivity contribution in [1.82, 2.24) is 5.32 Å². The van der Waals surface area contributed by atoms with Crippen molar-refractivity contribution in [2.75, 3.05) is 6.54 Å². The van der Waals surface area contributed by atoms with E-state index in [2.05, 4.69) is 5.32 Å². The van der Waals surface area contributed by atoms with E-state index < -0.39 is 5.91 Å². The summed E-state index contributed by atoms with van der Waals surface area (Å²) >= 11 is 6.19. The number of benzene rings is 1. The zero-order chi connectivity index (χ0) is 14.1. The van der Waals surface area contributed by atoms with Gasteiger partial charge in [0.05, 0.1) is 0 Å². The molecule has 0 aromatic heterocycles. The molecule has 0 saturated heterocycles. The third kappa shape index (κ3) is 3.33. The van der Waals surface area contributed by atoms with Crippen molar-refractivity contribution in [2.24, 2.45) is 23.5 Å². The van der Waals surface area contributed by atoms with Crippen LogP contribution in [0, 0.1) is 17.8 Å². The second-order valence-electron chi connectivity index (χ2n) is 6.14. The predicted octanol–water partition coefficient (Wildman–Crippen LogP) is 2.96. The Hall–Kier alpha value is -1.06. The Morgan fingerprint density at radius 2 is 1.95 bits per heavy atom. The van der Waals surface area contributed by atoms with Gasteiger partial charge in [0.25, 0.3) is 0 Å². The number of nitrogens with two attached hydrogens (primary N) is 1. The number of carbonyl (C=O) groups is 1. The van der Waals surface area contributed by atoms with Gasteiger partial charge in [-0.2, -0.15) is 0 Å². The van der Waals surface area contributed by atoms with Gasteiger partial charge in [0.1, 0.15) is 0 Å². The van der Waals surface area contributed by atoms with Crippen molar-refractivity contribution in [3.8, 4) is 0 Å². The van der Waals surface area contributed by atoms with Gasteiger partial charge >= 0.3 is 0 Å². The molecular formula is C16H21ClN2O. The van der Waals surface area contributed by atoms with Crippen LogP contribution in [-0.4, -0.2) is 12.5 Å². The zero-order valence-electron chi connectivity index (χ0n) is 11.6. The van der Waals surface area contributed by atoms with Crippen molar-refractivity contribution in [2.45, 2.75) is 32.2 Å². The summed E-state index contributed by atoms with van der Waals surface area (Å²) in [5, 5.41) is 4.15. The van der Waals surface area contributed by atoms with Gasteiger partial charge in [-0.05, 0) is 67.7 Å². The van der Waals surface area contributed by atoms with Crippen LogP contribution in [0.25, 0.3) is 0 Å². The fourth-order valence-corrected chi connectivity index (χ4v) is 3.23. The molecule has 1 amide bonds. The number of halogens is 1. The van der Waals surface area contributed by atoms with E-state index in [1.54, 1.807) is 12.1 Å². The molecule has 20 heavy (non-hydrogen) atoms.